The van der Waals surface area contributed by atoms with E-state index in [0.717, 1.165) is 42.1 Å². The maximum atomic E-state index is 12.3. The third-order valence-electron chi connectivity index (χ3n) is 4.69. The van der Waals surface area contributed by atoms with Crippen LogP contribution in [0.1, 0.15) is 43.3 Å². The van der Waals surface area contributed by atoms with Gasteiger partial charge in [-0.25, -0.2) is 8.42 Å². The van der Waals surface area contributed by atoms with Crippen molar-refractivity contribution in [3.8, 4) is 0 Å². The lowest BCUT2D eigenvalue weighted by atomic mass is 9.94. The van der Waals surface area contributed by atoms with Crippen LogP contribution < -0.4 is 0 Å². The van der Waals surface area contributed by atoms with Crippen LogP contribution in [0.25, 0.3) is 0 Å². The molecule has 3 rings (SSSR count). The summed E-state index contributed by atoms with van der Waals surface area (Å²) in [5, 5.41) is 4.02. The highest BCUT2D eigenvalue weighted by Gasteiger charge is 2.30. The molecular weight excluding hydrogens is 332 g/mol. The second kappa shape index (κ2) is 6.79. The molecule has 1 atom stereocenters. The van der Waals surface area contributed by atoms with E-state index in [2.05, 4.69) is 10.1 Å². The smallest absolute Gasteiger partial charge is 0.237 e. The Labute approximate surface area is 142 Å². The van der Waals surface area contributed by atoms with Gasteiger partial charge in [0.15, 0.2) is 5.82 Å². The van der Waals surface area contributed by atoms with Crippen LogP contribution in [-0.2, 0) is 21.2 Å². The number of sulfonamides is 1. The molecule has 1 aliphatic carbocycles. The highest BCUT2D eigenvalue weighted by Crippen LogP contribution is 2.38. The monoisotopic (exact) mass is 356 g/mol. The molecule has 0 unspecified atom stereocenters. The van der Waals surface area contributed by atoms with Crippen LogP contribution in [-0.4, -0.2) is 66.6 Å². The zero-order chi connectivity index (χ0) is 17.3. The lowest BCUT2D eigenvalue weighted by Crippen LogP contribution is -2.45. The Morgan fingerprint density at radius 2 is 2.12 bits per heavy atom. The summed E-state index contributed by atoms with van der Waals surface area (Å²) in [7, 11) is -1.92. The first-order valence-corrected chi connectivity index (χ1v) is 10.2. The normalized spacial score (nSPS) is 22.1. The molecular formula is C15H24N4O4S. The summed E-state index contributed by atoms with van der Waals surface area (Å²) in [6.45, 7) is 1.17. The summed E-state index contributed by atoms with van der Waals surface area (Å²) in [5.41, 5.74) is 0. The Morgan fingerprint density at radius 3 is 2.79 bits per heavy atom. The third kappa shape index (κ3) is 4.32. The molecule has 1 aromatic rings. The van der Waals surface area contributed by atoms with Gasteiger partial charge in [-0.2, -0.15) is 9.29 Å². The molecule has 1 saturated heterocycles. The second-order valence-electron chi connectivity index (χ2n) is 6.89. The van der Waals surface area contributed by atoms with Gasteiger partial charge >= 0.3 is 0 Å². The number of carbonyl (C=O) groups excluding carboxylic acids is 1. The van der Waals surface area contributed by atoms with Crippen molar-refractivity contribution in [2.75, 3.05) is 32.9 Å². The summed E-state index contributed by atoms with van der Waals surface area (Å²) < 4.78 is 29.3. The number of amides is 1. The van der Waals surface area contributed by atoms with Crippen molar-refractivity contribution in [3.63, 3.8) is 0 Å². The summed E-state index contributed by atoms with van der Waals surface area (Å²) in [5.74, 6) is 2.04. The van der Waals surface area contributed by atoms with Crippen LogP contribution in [0.5, 0.6) is 0 Å². The van der Waals surface area contributed by atoms with E-state index >= 15 is 0 Å². The zero-order valence-electron chi connectivity index (χ0n) is 14.1. The molecule has 0 aromatic carbocycles. The van der Waals surface area contributed by atoms with Gasteiger partial charge in [-0.15, -0.1) is 0 Å². The molecule has 2 fully saturated rings. The van der Waals surface area contributed by atoms with E-state index in [1.54, 1.807) is 4.90 Å². The number of piperidine rings is 1. The molecule has 8 nitrogen and oxygen atoms in total. The highest BCUT2D eigenvalue weighted by atomic mass is 32.2. The summed E-state index contributed by atoms with van der Waals surface area (Å²) in [6.07, 6.45) is 5.96. The average Bonchev–Trinajstić information content (AvgIpc) is 3.27. The van der Waals surface area contributed by atoms with Gasteiger partial charge in [-0.3, -0.25) is 4.79 Å². The fourth-order valence-electron chi connectivity index (χ4n) is 2.97. The number of likely N-dealkylation sites (tertiary alicyclic amines) is 1. The van der Waals surface area contributed by atoms with E-state index < -0.39 is 10.0 Å². The molecule has 1 saturated carbocycles. The molecule has 2 heterocycles. The molecule has 134 valence electrons. The molecule has 0 radical (unpaired) electrons. The van der Waals surface area contributed by atoms with Crippen molar-refractivity contribution in [2.24, 2.45) is 5.92 Å². The first-order valence-electron chi connectivity index (χ1n) is 8.34. The number of likely N-dealkylation sites (N-methyl/N-ethyl adjacent to an activating group) is 1. The molecule has 0 spiro atoms. The van der Waals surface area contributed by atoms with E-state index in [9.17, 15) is 13.2 Å². The van der Waals surface area contributed by atoms with Crippen LogP contribution in [0.4, 0.5) is 0 Å². The van der Waals surface area contributed by atoms with Crippen LogP contribution >= 0.6 is 0 Å². The van der Waals surface area contributed by atoms with E-state index in [-0.39, 0.29) is 18.4 Å². The number of hydrogen-bond donors (Lipinski definition) is 0. The van der Waals surface area contributed by atoms with Crippen LogP contribution in [0.15, 0.2) is 4.52 Å². The van der Waals surface area contributed by atoms with Gasteiger partial charge in [0.05, 0.1) is 12.8 Å². The molecule has 1 aliphatic heterocycles. The molecule has 0 N–H and O–H groups in total. The van der Waals surface area contributed by atoms with Crippen molar-refractivity contribution >= 4 is 15.9 Å². The molecule has 24 heavy (non-hydrogen) atoms. The number of aromatic nitrogens is 2. The number of carbonyl (C=O) groups is 1. The van der Waals surface area contributed by atoms with Gasteiger partial charge in [-0.1, -0.05) is 5.16 Å². The fourth-order valence-corrected chi connectivity index (χ4v) is 3.32. The second-order valence-corrected chi connectivity index (χ2v) is 8.98. The van der Waals surface area contributed by atoms with Gasteiger partial charge < -0.3 is 9.42 Å². The largest absolute Gasteiger partial charge is 0.341 e. The Morgan fingerprint density at radius 1 is 1.38 bits per heavy atom. The SMILES string of the molecule is CN(CC(=O)N1CCC[C@H](Cc2nc(C3CC3)no2)C1)S(C)(=O)=O. The Hall–Kier alpha value is -1.48. The van der Waals surface area contributed by atoms with Gasteiger partial charge in [-0.05, 0) is 31.6 Å². The molecule has 0 bridgehead atoms. The maximum absolute atomic E-state index is 12.3. The topological polar surface area (TPSA) is 96.6 Å². The number of nitrogens with zero attached hydrogens (tertiary/aromatic N) is 4. The predicted molar refractivity (Wildman–Crippen MR) is 86.8 cm³/mol. The number of rotatable bonds is 6. The van der Waals surface area contributed by atoms with Crippen molar-refractivity contribution in [3.05, 3.63) is 11.7 Å². The first kappa shape index (κ1) is 17.3. The van der Waals surface area contributed by atoms with Gasteiger partial charge in [0.1, 0.15) is 0 Å². The minimum Gasteiger partial charge on any atom is -0.341 e. The van der Waals surface area contributed by atoms with Gasteiger partial charge in [0.25, 0.3) is 0 Å². The average molecular weight is 356 g/mol. The van der Waals surface area contributed by atoms with Crippen LogP contribution in [0.2, 0.25) is 0 Å². The van der Waals surface area contributed by atoms with Crippen molar-refractivity contribution in [1.29, 1.82) is 0 Å². The third-order valence-corrected chi connectivity index (χ3v) is 5.95. The first-order chi connectivity index (χ1) is 11.3. The van der Waals surface area contributed by atoms with E-state index in [4.69, 9.17) is 4.52 Å². The van der Waals surface area contributed by atoms with E-state index in [0.29, 0.717) is 31.3 Å². The zero-order valence-corrected chi connectivity index (χ0v) is 15.0. The van der Waals surface area contributed by atoms with E-state index in [1.165, 1.54) is 7.05 Å². The molecule has 2 aliphatic rings. The molecule has 1 amide bonds. The quantitative estimate of drug-likeness (QED) is 0.741. The summed E-state index contributed by atoms with van der Waals surface area (Å²) >= 11 is 0. The molecule has 9 heteroatoms. The minimum absolute atomic E-state index is 0.113. The Kier molecular flexibility index (Phi) is 4.91. The highest BCUT2D eigenvalue weighted by molar-refractivity contribution is 7.88. The Balaban J connectivity index is 1.54. The van der Waals surface area contributed by atoms with Crippen molar-refractivity contribution in [2.45, 2.75) is 38.0 Å². The fraction of sp³-hybridized carbons (Fsp3) is 0.800. The molecule has 1 aromatic heterocycles. The van der Waals surface area contributed by atoms with E-state index in [1.807, 2.05) is 0 Å². The van der Waals surface area contributed by atoms with Crippen molar-refractivity contribution in [1.82, 2.24) is 19.3 Å². The lowest BCUT2D eigenvalue weighted by molar-refractivity contribution is -0.133. The van der Waals surface area contributed by atoms with Crippen LogP contribution in [0.3, 0.4) is 0 Å². The Bertz CT molecular complexity index is 698. The predicted octanol–water partition coefficient (Wildman–Crippen LogP) is 0.619. The summed E-state index contributed by atoms with van der Waals surface area (Å²) in [6, 6.07) is 0. The van der Waals surface area contributed by atoms with Crippen LogP contribution in [0, 0.1) is 5.92 Å². The van der Waals surface area contributed by atoms with Gasteiger partial charge in [0.2, 0.25) is 21.8 Å². The standard InChI is InChI=1S/C15H24N4O4S/c1-18(24(2,21)22)10-14(20)19-7-3-4-11(9-19)8-13-16-15(17-23-13)12-5-6-12/h11-12H,3-10H2,1-2H3/t11-/m1/s1. The van der Waals surface area contributed by atoms with Crippen molar-refractivity contribution < 1.29 is 17.7 Å². The maximum Gasteiger partial charge on any atom is 0.237 e. The minimum atomic E-state index is -3.35. The summed E-state index contributed by atoms with van der Waals surface area (Å²) in [4.78, 5) is 18.5. The van der Waals surface area contributed by atoms with Gasteiger partial charge in [0, 0.05) is 32.5 Å². The lowest BCUT2D eigenvalue weighted by Gasteiger charge is -2.33. The number of hydrogen-bond acceptors (Lipinski definition) is 6.